The number of anilines is 1. The van der Waals surface area contributed by atoms with Crippen LogP contribution in [0.5, 0.6) is 11.6 Å². The molecule has 0 aliphatic carbocycles. The van der Waals surface area contributed by atoms with Gasteiger partial charge in [-0.2, -0.15) is 5.10 Å². The third-order valence-electron chi connectivity index (χ3n) is 3.11. The Balaban J connectivity index is 2.26. The number of hydrogen-bond acceptors (Lipinski definition) is 3. The Morgan fingerprint density at radius 1 is 1.21 bits per heavy atom. The predicted octanol–water partition coefficient (Wildman–Crippen LogP) is 3.54. The summed E-state index contributed by atoms with van der Waals surface area (Å²) in [5.41, 5.74) is 8.75. The SMILES string of the molecule is CCCn1nc(C)c(N)c1Oc1ccc(CC)cc1. The van der Waals surface area contributed by atoms with Gasteiger partial charge in [0.05, 0.1) is 5.69 Å². The lowest BCUT2D eigenvalue weighted by molar-refractivity contribution is 0.410. The van der Waals surface area contributed by atoms with E-state index >= 15 is 0 Å². The molecule has 0 saturated heterocycles. The highest BCUT2D eigenvalue weighted by molar-refractivity contribution is 5.54. The van der Waals surface area contributed by atoms with Crippen molar-refractivity contribution in [3.05, 3.63) is 35.5 Å². The lowest BCUT2D eigenvalue weighted by Crippen LogP contribution is -2.02. The van der Waals surface area contributed by atoms with E-state index < -0.39 is 0 Å². The minimum absolute atomic E-state index is 0.619. The van der Waals surface area contributed by atoms with Crippen LogP contribution in [0.4, 0.5) is 5.69 Å². The molecule has 0 amide bonds. The molecule has 1 aromatic heterocycles. The average molecular weight is 259 g/mol. The number of ether oxygens (including phenoxy) is 1. The predicted molar refractivity (Wildman–Crippen MR) is 77.6 cm³/mol. The molecular formula is C15H21N3O. The van der Waals surface area contributed by atoms with Gasteiger partial charge in [0.15, 0.2) is 0 Å². The van der Waals surface area contributed by atoms with Crippen LogP contribution in [0.25, 0.3) is 0 Å². The maximum Gasteiger partial charge on any atom is 0.241 e. The molecular weight excluding hydrogens is 238 g/mol. The molecule has 19 heavy (non-hydrogen) atoms. The van der Waals surface area contributed by atoms with Crippen molar-refractivity contribution >= 4 is 5.69 Å². The van der Waals surface area contributed by atoms with Gasteiger partial charge in [-0.3, -0.25) is 0 Å². The number of aryl methyl sites for hydroxylation is 3. The van der Waals surface area contributed by atoms with Crippen molar-refractivity contribution < 1.29 is 4.74 Å². The quantitative estimate of drug-likeness (QED) is 0.893. The Labute approximate surface area is 114 Å². The van der Waals surface area contributed by atoms with Crippen molar-refractivity contribution in [3.63, 3.8) is 0 Å². The van der Waals surface area contributed by atoms with Crippen LogP contribution in [0.1, 0.15) is 31.5 Å². The van der Waals surface area contributed by atoms with Crippen molar-refractivity contribution in [2.45, 2.75) is 40.2 Å². The van der Waals surface area contributed by atoms with E-state index in [-0.39, 0.29) is 0 Å². The van der Waals surface area contributed by atoms with Gasteiger partial charge in [0.25, 0.3) is 0 Å². The zero-order valence-electron chi connectivity index (χ0n) is 11.8. The molecule has 0 bridgehead atoms. The molecule has 0 aliphatic heterocycles. The first-order valence-corrected chi connectivity index (χ1v) is 6.75. The Morgan fingerprint density at radius 2 is 1.89 bits per heavy atom. The van der Waals surface area contributed by atoms with Gasteiger partial charge in [-0.25, -0.2) is 4.68 Å². The number of benzene rings is 1. The van der Waals surface area contributed by atoms with Crippen LogP contribution in [0.3, 0.4) is 0 Å². The zero-order chi connectivity index (χ0) is 13.8. The van der Waals surface area contributed by atoms with E-state index in [1.54, 1.807) is 0 Å². The van der Waals surface area contributed by atoms with Gasteiger partial charge in [-0.1, -0.05) is 26.0 Å². The largest absolute Gasteiger partial charge is 0.437 e. The number of aromatic nitrogens is 2. The summed E-state index contributed by atoms with van der Waals surface area (Å²) in [6, 6.07) is 8.08. The normalized spacial score (nSPS) is 10.7. The number of nitrogens with zero attached hydrogens (tertiary/aromatic N) is 2. The van der Waals surface area contributed by atoms with Gasteiger partial charge in [-0.05, 0) is 37.5 Å². The fourth-order valence-corrected chi connectivity index (χ4v) is 1.95. The van der Waals surface area contributed by atoms with Crippen LogP contribution < -0.4 is 10.5 Å². The molecule has 2 rings (SSSR count). The van der Waals surface area contributed by atoms with E-state index in [2.05, 4.69) is 31.1 Å². The van der Waals surface area contributed by atoms with E-state index in [9.17, 15) is 0 Å². The Bertz CT molecular complexity index is 543. The summed E-state index contributed by atoms with van der Waals surface area (Å²) in [5, 5.41) is 4.40. The van der Waals surface area contributed by atoms with E-state index in [0.717, 1.165) is 30.8 Å². The first kappa shape index (κ1) is 13.5. The van der Waals surface area contributed by atoms with Gasteiger partial charge >= 0.3 is 0 Å². The molecule has 2 aromatic rings. The lowest BCUT2D eigenvalue weighted by Gasteiger charge is -2.09. The third-order valence-corrected chi connectivity index (χ3v) is 3.11. The van der Waals surface area contributed by atoms with E-state index in [1.165, 1.54) is 5.56 Å². The number of nitrogens with two attached hydrogens (primary N) is 1. The maximum absolute atomic E-state index is 6.03. The fraction of sp³-hybridized carbons (Fsp3) is 0.400. The zero-order valence-corrected chi connectivity index (χ0v) is 11.8. The lowest BCUT2D eigenvalue weighted by atomic mass is 10.2. The second kappa shape index (κ2) is 5.78. The van der Waals surface area contributed by atoms with Crippen LogP contribution in [-0.2, 0) is 13.0 Å². The molecule has 0 unspecified atom stereocenters. The molecule has 1 aromatic carbocycles. The van der Waals surface area contributed by atoms with Crippen LogP contribution in [0, 0.1) is 6.92 Å². The molecule has 2 N–H and O–H groups in total. The summed E-state index contributed by atoms with van der Waals surface area (Å²) in [4.78, 5) is 0. The molecule has 102 valence electrons. The minimum atomic E-state index is 0.619. The van der Waals surface area contributed by atoms with Crippen LogP contribution in [0.2, 0.25) is 0 Å². The Kier molecular flexibility index (Phi) is 4.10. The highest BCUT2D eigenvalue weighted by Crippen LogP contribution is 2.30. The fourth-order valence-electron chi connectivity index (χ4n) is 1.95. The number of nitrogen functional groups attached to an aromatic ring is 1. The van der Waals surface area contributed by atoms with Gasteiger partial charge in [0.1, 0.15) is 11.4 Å². The highest BCUT2D eigenvalue weighted by atomic mass is 16.5. The maximum atomic E-state index is 6.03. The van der Waals surface area contributed by atoms with Crippen LogP contribution in [0.15, 0.2) is 24.3 Å². The van der Waals surface area contributed by atoms with Crippen LogP contribution in [-0.4, -0.2) is 9.78 Å². The van der Waals surface area contributed by atoms with E-state index in [1.807, 2.05) is 23.7 Å². The van der Waals surface area contributed by atoms with Gasteiger partial charge in [-0.15, -0.1) is 0 Å². The highest BCUT2D eigenvalue weighted by Gasteiger charge is 2.14. The van der Waals surface area contributed by atoms with Crippen molar-refractivity contribution in [2.75, 3.05) is 5.73 Å². The van der Waals surface area contributed by atoms with Crippen molar-refractivity contribution in [1.82, 2.24) is 9.78 Å². The molecule has 4 nitrogen and oxygen atoms in total. The standard InChI is InChI=1S/C15H21N3O/c1-4-10-18-15(14(16)11(3)17-18)19-13-8-6-12(5-2)7-9-13/h6-9H,4-5,10,16H2,1-3H3. The summed E-state index contributed by atoms with van der Waals surface area (Å²) < 4.78 is 7.72. The monoisotopic (exact) mass is 259 g/mol. The molecule has 0 radical (unpaired) electrons. The summed E-state index contributed by atoms with van der Waals surface area (Å²) in [6.45, 7) is 6.94. The van der Waals surface area contributed by atoms with Crippen molar-refractivity contribution in [1.29, 1.82) is 0 Å². The second-order valence-electron chi connectivity index (χ2n) is 4.63. The molecule has 1 heterocycles. The average Bonchev–Trinajstić information content (AvgIpc) is 2.68. The van der Waals surface area contributed by atoms with Gasteiger partial charge < -0.3 is 10.5 Å². The van der Waals surface area contributed by atoms with Crippen molar-refractivity contribution in [2.24, 2.45) is 0 Å². The number of rotatable bonds is 5. The van der Waals surface area contributed by atoms with E-state index in [0.29, 0.717) is 11.6 Å². The molecule has 0 atom stereocenters. The smallest absolute Gasteiger partial charge is 0.241 e. The first-order valence-electron chi connectivity index (χ1n) is 6.75. The molecule has 0 spiro atoms. The Hall–Kier alpha value is -1.97. The molecule has 0 saturated carbocycles. The molecule has 0 fully saturated rings. The summed E-state index contributed by atoms with van der Waals surface area (Å²) in [7, 11) is 0. The third kappa shape index (κ3) is 2.89. The summed E-state index contributed by atoms with van der Waals surface area (Å²) in [5.74, 6) is 1.43. The second-order valence-corrected chi connectivity index (χ2v) is 4.63. The van der Waals surface area contributed by atoms with Crippen LogP contribution >= 0.6 is 0 Å². The molecule has 4 heteroatoms. The Morgan fingerprint density at radius 3 is 2.47 bits per heavy atom. The summed E-state index contributed by atoms with van der Waals surface area (Å²) in [6.07, 6.45) is 2.01. The van der Waals surface area contributed by atoms with Crippen molar-refractivity contribution in [3.8, 4) is 11.6 Å². The number of hydrogen-bond donors (Lipinski definition) is 1. The van der Waals surface area contributed by atoms with Gasteiger partial charge in [0.2, 0.25) is 5.88 Å². The minimum Gasteiger partial charge on any atom is -0.437 e. The van der Waals surface area contributed by atoms with Gasteiger partial charge in [0, 0.05) is 6.54 Å². The van der Waals surface area contributed by atoms with E-state index in [4.69, 9.17) is 10.5 Å². The summed E-state index contributed by atoms with van der Waals surface area (Å²) >= 11 is 0. The first-order chi connectivity index (χ1) is 9.15. The topological polar surface area (TPSA) is 53.1 Å². The molecule has 0 aliphatic rings.